The summed E-state index contributed by atoms with van der Waals surface area (Å²) in [7, 11) is 0. The van der Waals surface area contributed by atoms with E-state index in [4.69, 9.17) is 9.97 Å². The summed E-state index contributed by atoms with van der Waals surface area (Å²) in [5.74, 6) is 2.38. The third kappa shape index (κ3) is 4.33. The summed E-state index contributed by atoms with van der Waals surface area (Å²) in [6, 6.07) is 37.9. The van der Waals surface area contributed by atoms with E-state index >= 15 is 0 Å². The standard InChI is InChI=1S/C28H18N4S.Pt/c1-2-11-22(12-3-1)32(28-17-9-15-26(30-28)31-18-6-7-19-31)27-16-8-13-23(29-27)25-20-21-10-4-5-14-24(21)33-25;/h1-18H;/q-2;+2. The van der Waals surface area contributed by atoms with Crippen molar-refractivity contribution >= 4 is 38.7 Å². The average molecular weight is 638 g/mol. The normalized spacial score (nSPS) is 10.7. The molecule has 0 radical (unpaired) electrons. The molecule has 6 heteroatoms. The fourth-order valence-electron chi connectivity index (χ4n) is 3.78. The molecule has 34 heavy (non-hydrogen) atoms. The molecular formula is C28H18N4PtS. The van der Waals surface area contributed by atoms with E-state index in [0.29, 0.717) is 0 Å². The van der Waals surface area contributed by atoms with Crippen molar-refractivity contribution in [2.45, 2.75) is 0 Å². The van der Waals surface area contributed by atoms with Gasteiger partial charge in [-0.25, -0.2) is 11.3 Å². The molecule has 4 aromatic heterocycles. The van der Waals surface area contributed by atoms with E-state index in [1.54, 1.807) is 11.3 Å². The number of anilines is 3. The van der Waals surface area contributed by atoms with Crippen molar-refractivity contribution < 1.29 is 21.1 Å². The maximum atomic E-state index is 5.03. The van der Waals surface area contributed by atoms with Gasteiger partial charge < -0.3 is 4.57 Å². The zero-order valence-corrected chi connectivity index (χ0v) is 21.0. The molecule has 0 unspecified atom stereocenters. The number of hydrogen-bond donors (Lipinski definition) is 0. The Labute approximate surface area is 216 Å². The summed E-state index contributed by atoms with van der Waals surface area (Å²) in [6.07, 6.45) is 5.10. The van der Waals surface area contributed by atoms with Gasteiger partial charge in [0.25, 0.3) is 0 Å². The molecule has 0 aliphatic rings. The molecule has 6 rings (SSSR count). The molecule has 166 valence electrons. The summed E-state index contributed by atoms with van der Waals surface area (Å²) in [4.78, 5) is 13.0. The van der Waals surface area contributed by atoms with Gasteiger partial charge in [-0.2, -0.15) is 6.07 Å². The summed E-state index contributed by atoms with van der Waals surface area (Å²) >= 11 is 1.70. The van der Waals surface area contributed by atoms with Gasteiger partial charge in [-0.1, -0.05) is 60.8 Å². The molecule has 0 amide bonds. The molecule has 0 spiro atoms. The van der Waals surface area contributed by atoms with E-state index in [1.807, 2.05) is 83.6 Å². The maximum Gasteiger partial charge on any atom is 2.00 e. The molecule has 6 aromatic rings. The Morgan fingerprint density at radius 1 is 0.735 bits per heavy atom. The maximum absolute atomic E-state index is 5.03. The molecule has 0 saturated heterocycles. The van der Waals surface area contributed by atoms with Crippen molar-refractivity contribution in [2.75, 3.05) is 4.90 Å². The Kier molecular flexibility index (Phi) is 6.39. The van der Waals surface area contributed by atoms with Gasteiger partial charge in [0, 0.05) is 11.4 Å². The monoisotopic (exact) mass is 637 g/mol. The Morgan fingerprint density at radius 2 is 1.50 bits per heavy atom. The van der Waals surface area contributed by atoms with E-state index < -0.39 is 0 Å². The van der Waals surface area contributed by atoms with E-state index in [2.05, 4.69) is 47.5 Å². The van der Waals surface area contributed by atoms with Crippen LogP contribution in [-0.4, -0.2) is 14.5 Å². The van der Waals surface area contributed by atoms with Crippen molar-refractivity contribution in [3.63, 3.8) is 0 Å². The average Bonchev–Trinajstić information content (AvgIpc) is 3.56. The minimum Gasteiger partial charge on any atom is -0.436 e. The van der Waals surface area contributed by atoms with Gasteiger partial charge in [-0.15, -0.1) is 35.8 Å². The van der Waals surface area contributed by atoms with Crippen molar-refractivity contribution in [3.8, 4) is 16.4 Å². The van der Waals surface area contributed by atoms with Crippen LogP contribution in [0.25, 0.3) is 26.5 Å². The Morgan fingerprint density at radius 3 is 2.29 bits per heavy atom. The first kappa shape index (κ1) is 22.3. The first-order chi connectivity index (χ1) is 16.3. The summed E-state index contributed by atoms with van der Waals surface area (Å²) in [5.41, 5.74) is 1.88. The number of benzene rings is 2. The predicted molar refractivity (Wildman–Crippen MR) is 135 cm³/mol. The molecule has 4 heterocycles. The summed E-state index contributed by atoms with van der Waals surface area (Å²) < 4.78 is 3.08. The smallest absolute Gasteiger partial charge is 0.436 e. The van der Waals surface area contributed by atoms with Gasteiger partial charge >= 0.3 is 21.1 Å². The van der Waals surface area contributed by atoms with Gasteiger partial charge in [0.2, 0.25) is 0 Å². The van der Waals surface area contributed by atoms with Crippen LogP contribution >= 0.6 is 11.3 Å². The fraction of sp³-hybridized carbons (Fsp3) is 0. The van der Waals surface area contributed by atoms with Gasteiger partial charge in [-0.3, -0.25) is 14.9 Å². The Balaban J connectivity index is 0.00000241. The number of para-hydroxylation sites is 1. The minimum atomic E-state index is 0. The van der Waals surface area contributed by atoms with Crippen LogP contribution in [0.3, 0.4) is 0 Å². The Hall–Kier alpha value is -3.53. The second kappa shape index (κ2) is 9.76. The molecule has 0 aliphatic heterocycles. The SMILES string of the molecule is [Pt+2].[c-]1c(-c2cccc(N(c3ccccc3)c3cccc(-n4[c-]ccc4)n3)n2)sc2ccccc12. The largest absolute Gasteiger partial charge is 2.00 e. The summed E-state index contributed by atoms with van der Waals surface area (Å²) in [6.45, 7) is 0. The van der Waals surface area contributed by atoms with Gasteiger partial charge in [0.05, 0.1) is 5.82 Å². The Bertz CT molecular complexity index is 1490. The van der Waals surface area contributed by atoms with Crippen molar-refractivity contribution in [2.24, 2.45) is 0 Å². The number of aromatic nitrogens is 3. The van der Waals surface area contributed by atoms with Crippen molar-refractivity contribution in [3.05, 3.63) is 122 Å². The van der Waals surface area contributed by atoms with E-state index in [1.165, 1.54) is 4.70 Å². The second-order valence-corrected chi connectivity index (χ2v) is 8.52. The molecule has 0 N–H and O–H groups in total. The fourth-order valence-corrected chi connectivity index (χ4v) is 4.75. The second-order valence-electron chi connectivity index (χ2n) is 7.47. The number of thiophene rings is 1. The van der Waals surface area contributed by atoms with Gasteiger partial charge in [0.1, 0.15) is 11.6 Å². The topological polar surface area (TPSA) is 34.0 Å². The zero-order chi connectivity index (χ0) is 22.0. The van der Waals surface area contributed by atoms with E-state index in [0.717, 1.165) is 39.1 Å². The quantitative estimate of drug-likeness (QED) is 0.187. The molecular weight excluding hydrogens is 619 g/mol. The number of hydrogen-bond acceptors (Lipinski definition) is 4. The first-order valence-electron chi connectivity index (χ1n) is 10.6. The van der Waals surface area contributed by atoms with Gasteiger partial charge in [0.15, 0.2) is 0 Å². The van der Waals surface area contributed by atoms with Crippen LogP contribution < -0.4 is 4.90 Å². The predicted octanol–water partition coefficient (Wildman–Crippen LogP) is 7.22. The molecule has 0 saturated carbocycles. The van der Waals surface area contributed by atoms with Gasteiger partial charge in [-0.05, 0) is 33.8 Å². The van der Waals surface area contributed by atoms with Crippen LogP contribution in [0.5, 0.6) is 0 Å². The third-order valence-electron chi connectivity index (χ3n) is 5.30. The zero-order valence-electron chi connectivity index (χ0n) is 17.9. The molecule has 0 aliphatic carbocycles. The molecule has 0 fully saturated rings. The molecule has 0 bridgehead atoms. The summed E-state index contributed by atoms with van der Waals surface area (Å²) in [5, 5.41) is 1.11. The van der Waals surface area contributed by atoms with Crippen LogP contribution in [0, 0.1) is 12.3 Å². The van der Waals surface area contributed by atoms with Crippen LogP contribution in [-0.2, 0) is 21.1 Å². The molecule has 2 aromatic carbocycles. The molecule has 4 nitrogen and oxygen atoms in total. The molecule has 0 atom stereocenters. The number of nitrogens with zero attached hydrogens (tertiary/aromatic N) is 4. The minimum absolute atomic E-state index is 0. The van der Waals surface area contributed by atoms with Crippen LogP contribution in [0.15, 0.2) is 109 Å². The van der Waals surface area contributed by atoms with Crippen molar-refractivity contribution in [1.29, 1.82) is 0 Å². The van der Waals surface area contributed by atoms with E-state index in [9.17, 15) is 0 Å². The van der Waals surface area contributed by atoms with Crippen LogP contribution in [0.1, 0.15) is 0 Å². The third-order valence-corrected chi connectivity index (χ3v) is 6.39. The number of rotatable bonds is 5. The van der Waals surface area contributed by atoms with E-state index in [-0.39, 0.29) is 21.1 Å². The first-order valence-corrected chi connectivity index (χ1v) is 11.4. The number of pyridine rings is 2. The van der Waals surface area contributed by atoms with Crippen molar-refractivity contribution in [1.82, 2.24) is 14.5 Å². The number of fused-ring (bicyclic) bond motifs is 1. The van der Waals surface area contributed by atoms with Crippen LogP contribution in [0.4, 0.5) is 17.3 Å². The van der Waals surface area contributed by atoms with Crippen LogP contribution in [0.2, 0.25) is 0 Å².